The van der Waals surface area contributed by atoms with Crippen molar-refractivity contribution in [3.8, 4) is 0 Å². The predicted molar refractivity (Wildman–Crippen MR) is 74.3 cm³/mol. The summed E-state index contributed by atoms with van der Waals surface area (Å²) in [6.07, 6.45) is 1.67. The van der Waals surface area contributed by atoms with Gasteiger partial charge in [0.15, 0.2) is 9.90 Å². The Hall–Kier alpha value is -1.03. The van der Waals surface area contributed by atoms with Crippen LogP contribution in [0.3, 0.4) is 0 Å². The van der Waals surface area contributed by atoms with Crippen LogP contribution in [0.4, 0.5) is 0 Å². The van der Waals surface area contributed by atoms with Gasteiger partial charge in [-0.05, 0) is 26.3 Å². The fraction of sp³-hybridized carbons (Fsp3) is 0.636. The van der Waals surface area contributed by atoms with Gasteiger partial charge < -0.3 is 10.1 Å². The van der Waals surface area contributed by atoms with Crippen LogP contribution in [0, 0.1) is 0 Å². The fourth-order valence-corrected chi connectivity index (χ4v) is 4.62. The second-order valence-corrected chi connectivity index (χ2v) is 7.36. The molecule has 9 heteroatoms. The molecule has 20 heavy (non-hydrogen) atoms. The Balaban J connectivity index is 2.22. The highest BCUT2D eigenvalue weighted by molar-refractivity contribution is 7.91. The third kappa shape index (κ3) is 3.17. The van der Waals surface area contributed by atoms with Gasteiger partial charge in [0.1, 0.15) is 0 Å². The van der Waals surface area contributed by atoms with E-state index in [0.717, 1.165) is 30.7 Å². The first kappa shape index (κ1) is 15.4. The normalized spacial score (nSPS) is 23.5. The molecule has 2 rings (SSSR count). The average molecular weight is 319 g/mol. The van der Waals surface area contributed by atoms with Crippen LogP contribution in [0.5, 0.6) is 0 Å². The molecule has 1 fully saturated rings. The van der Waals surface area contributed by atoms with Crippen molar-refractivity contribution < 1.29 is 17.9 Å². The van der Waals surface area contributed by atoms with Gasteiger partial charge in [-0.1, -0.05) is 0 Å². The molecule has 2 heterocycles. The Bertz CT molecular complexity index is 584. The van der Waals surface area contributed by atoms with Gasteiger partial charge in [0.25, 0.3) is 10.0 Å². The number of aromatic nitrogens is 1. The molecule has 1 aromatic heterocycles. The van der Waals surface area contributed by atoms with Crippen LogP contribution >= 0.6 is 11.3 Å². The summed E-state index contributed by atoms with van der Waals surface area (Å²) in [4.78, 5) is 15.3. The van der Waals surface area contributed by atoms with E-state index in [1.807, 2.05) is 6.92 Å². The number of sulfonamides is 1. The minimum Gasteiger partial charge on any atom is -0.464 e. The summed E-state index contributed by atoms with van der Waals surface area (Å²) in [5.74, 6) is -0.749. The molecule has 0 aliphatic carbocycles. The van der Waals surface area contributed by atoms with Crippen LogP contribution in [0.1, 0.15) is 30.3 Å². The first-order valence-corrected chi connectivity index (χ1v) is 8.59. The van der Waals surface area contributed by atoms with Crippen molar-refractivity contribution in [2.24, 2.45) is 0 Å². The average Bonchev–Trinajstić information content (AvgIpc) is 2.90. The van der Waals surface area contributed by atoms with Crippen LogP contribution < -0.4 is 10.0 Å². The first-order valence-electron chi connectivity index (χ1n) is 6.23. The summed E-state index contributed by atoms with van der Waals surface area (Å²) >= 11 is 0.907. The van der Waals surface area contributed by atoms with Crippen LogP contribution in [-0.4, -0.2) is 45.1 Å². The lowest BCUT2D eigenvalue weighted by Crippen LogP contribution is -2.51. The maximum Gasteiger partial charge on any atom is 0.358 e. The first-order chi connectivity index (χ1) is 9.45. The van der Waals surface area contributed by atoms with Crippen molar-refractivity contribution in [3.05, 3.63) is 11.2 Å². The number of hydrogen-bond donors (Lipinski definition) is 2. The van der Waals surface area contributed by atoms with E-state index in [1.54, 1.807) is 0 Å². The predicted octanol–water partition coefficient (Wildman–Crippen LogP) is 0.348. The number of rotatable bonds is 4. The Morgan fingerprint density at radius 3 is 3.00 bits per heavy atom. The van der Waals surface area contributed by atoms with Gasteiger partial charge in [0.2, 0.25) is 0 Å². The second kappa shape index (κ2) is 6.17. The van der Waals surface area contributed by atoms with E-state index in [0.29, 0.717) is 0 Å². The summed E-state index contributed by atoms with van der Waals surface area (Å²) in [6, 6.07) is -0.144. The summed E-state index contributed by atoms with van der Waals surface area (Å²) in [6.45, 7) is 2.81. The largest absolute Gasteiger partial charge is 0.464 e. The number of hydrogen-bond acceptors (Lipinski definition) is 7. The molecule has 0 aromatic carbocycles. The molecule has 1 aromatic rings. The molecule has 112 valence electrons. The summed E-state index contributed by atoms with van der Waals surface area (Å²) in [7, 11) is -2.58. The Labute approximate surface area is 121 Å². The van der Waals surface area contributed by atoms with Crippen LogP contribution in [-0.2, 0) is 14.8 Å². The Kier molecular flexibility index (Phi) is 4.74. The highest BCUT2D eigenvalue weighted by Crippen LogP contribution is 2.22. The standard InChI is InChI=1S/C11H17N3O4S2/c1-7-8(4-3-5-12-7)14-20(16,17)11-9(10(15)18-2)13-6-19-11/h6-8,12,14H,3-5H2,1-2H3. The molecule has 2 atom stereocenters. The SMILES string of the molecule is COC(=O)c1ncsc1S(=O)(=O)NC1CCCNC1C. The van der Waals surface area contributed by atoms with Crippen molar-refractivity contribution in [2.75, 3.05) is 13.7 Å². The Morgan fingerprint density at radius 1 is 1.60 bits per heavy atom. The smallest absolute Gasteiger partial charge is 0.358 e. The summed E-state index contributed by atoms with van der Waals surface area (Å²) < 4.78 is 31.8. The molecule has 0 bridgehead atoms. The van der Waals surface area contributed by atoms with Crippen molar-refractivity contribution >= 4 is 27.3 Å². The van der Waals surface area contributed by atoms with E-state index in [1.165, 1.54) is 12.6 Å². The zero-order valence-corrected chi connectivity index (χ0v) is 12.9. The fourth-order valence-electron chi connectivity index (χ4n) is 2.12. The molecule has 1 aliphatic rings. The summed E-state index contributed by atoms with van der Waals surface area (Å²) in [5, 5.41) is 3.22. The molecule has 1 saturated heterocycles. The minimum atomic E-state index is -3.77. The van der Waals surface area contributed by atoms with E-state index in [2.05, 4.69) is 19.8 Å². The molecule has 2 N–H and O–H groups in total. The molecule has 0 spiro atoms. The van der Waals surface area contributed by atoms with Gasteiger partial charge in [-0.15, -0.1) is 11.3 Å². The zero-order valence-electron chi connectivity index (χ0n) is 11.3. The van der Waals surface area contributed by atoms with Gasteiger partial charge in [0, 0.05) is 12.1 Å². The molecule has 0 radical (unpaired) electrons. The van der Waals surface area contributed by atoms with Crippen LogP contribution in [0.2, 0.25) is 0 Å². The lowest BCUT2D eigenvalue weighted by molar-refractivity contribution is 0.0590. The van der Waals surface area contributed by atoms with Crippen molar-refractivity contribution in [1.29, 1.82) is 0 Å². The molecule has 0 amide bonds. The zero-order chi connectivity index (χ0) is 14.8. The van der Waals surface area contributed by atoms with E-state index in [-0.39, 0.29) is 22.0 Å². The number of esters is 1. The van der Waals surface area contributed by atoms with Gasteiger partial charge in [-0.25, -0.2) is 22.9 Å². The number of piperidine rings is 1. The van der Waals surface area contributed by atoms with E-state index >= 15 is 0 Å². The molecule has 1 aliphatic heterocycles. The highest BCUT2D eigenvalue weighted by Gasteiger charge is 2.31. The van der Waals surface area contributed by atoms with Gasteiger partial charge in [0.05, 0.1) is 12.6 Å². The molecular weight excluding hydrogens is 302 g/mol. The number of nitrogens with one attached hydrogen (secondary N) is 2. The van der Waals surface area contributed by atoms with Crippen molar-refractivity contribution in [1.82, 2.24) is 15.0 Å². The number of carbonyl (C=O) groups excluding carboxylic acids is 1. The highest BCUT2D eigenvalue weighted by atomic mass is 32.2. The topological polar surface area (TPSA) is 97.4 Å². The van der Waals surface area contributed by atoms with E-state index in [9.17, 15) is 13.2 Å². The lowest BCUT2D eigenvalue weighted by atomic mass is 10.0. The molecule has 7 nitrogen and oxygen atoms in total. The number of methoxy groups -OCH3 is 1. The molecular formula is C11H17N3O4S2. The third-order valence-electron chi connectivity index (χ3n) is 3.23. The quantitative estimate of drug-likeness (QED) is 0.777. The maximum atomic E-state index is 12.4. The van der Waals surface area contributed by atoms with Crippen LogP contribution in [0.25, 0.3) is 0 Å². The molecule has 2 unspecified atom stereocenters. The second-order valence-electron chi connectivity index (χ2n) is 4.59. The number of thiazole rings is 1. The van der Waals surface area contributed by atoms with E-state index in [4.69, 9.17) is 0 Å². The van der Waals surface area contributed by atoms with Gasteiger partial charge in [-0.2, -0.15) is 0 Å². The monoisotopic (exact) mass is 319 g/mol. The van der Waals surface area contributed by atoms with Crippen LogP contribution in [0.15, 0.2) is 9.72 Å². The Morgan fingerprint density at radius 2 is 2.35 bits per heavy atom. The van der Waals surface area contributed by atoms with Crippen molar-refractivity contribution in [3.63, 3.8) is 0 Å². The minimum absolute atomic E-state index is 0.0491. The third-order valence-corrected chi connectivity index (χ3v) is 6.09. The number of ether oxygens (including phenoxy) is 1. The van der Waals surface area contributed by atoms with Crippen molar-refractivity contribution in [2.45, 2.75) is 36.1 Å². The van der Waals surface area contributed by atoms with Gasteiger partial charge in [-0.3, -0.25) is 0 Å². The van der Waals surface area contributed by atoms with E-state index < -0.39 is 16.0 Å². The summed E-state index contributed by atoms with van der Waals surface area (Å²) in [5.41, 5.74) is 1.16. The number of nitrogens with zero attached hydrogens (tertiary/aromatic N) is 1. The number of carbonyl (C=O) groups is 1. The lowest BCUT2D eigenvalue weighted by Gasteiger charge is -2.30. The van der Waals surface area contributed by atoms with Gasteiger partial charge >= 0.3 is 5.97 Å². The maximum absolute atomic E-state index is 12.4. The molecule has 0 saturated carbocycles.